The SMILES string of the molecule is O=C=Nc1cccc(Br)c1C(=O)O. The predicted octanol–water partition coefficient (Wildman–Crippen LogP) is 2.11. The summed E-state index contributed by atoms with van der Waals surface area (Å²) >= 11 is 3.05. The van der Waals surface area contributed by atoms with Crippen molar-refractivity contribution < 1.29 is 14.7 Å². The summed E-state index contributed by atoms with van der Waals surface area (Å²) in [6, 6.07) is 4.58. The van der Waals surface area contributed by atoms with E-state index in [0.29, 0.717) is 4.47 Å². The van der Waals surface area contributed by atoms with Gasteiger partial charge in [-0.2, -0.15) is 4.99 Å². The summed E-state index contributed by atoms with van der Waals surface area (Å²) in [4.78, 5) is 23.9. The van der Waals surface area contributed by atoms with Crippen LogP contribution in [-0.4, -0.2) is 17.2 Å². The number of aromatic carboxylic acids is 1. The third-order valence-electron chi connectivity index (χ3n) is 1.37. The zero-order valence-electron chi connectivity index (χ0n) is 6.32. The minimum absolute atomic E-state index is 0.0362. The fourth-order valence-electron chi connectivity index (χ4n) is 0.867. The molecule has 0 saturated heterocycles. The van der Waals surface area contributed by atoms with Crippen LogP contribution in [0.5, 0.6) is 0 Å². The molecule has 5 heteroatoms. The van der Waals surface area contributed by atoms with Crippen LogP contribution in [0.1, 0.15) is 10.4 Å². The lowest BCUT2D eigenvalue weighted by Crippen LogP contribution is -1.97. The van der Waals surface area contributed by atoms with Gasteiger partial charge in [0.25, 0.3) is 0 Å². The summed E-state index contributed by atoms with van der Waals surface area (Å²) in [7, 11) is 0. The molecule has 4 nitrogen and oxygen atoms in total. The van der Waals surface area contributed by atoms with Gasteiger partial charge in [0.05, 0.1) is 5.69 Å². The van der Waals surface area contributed by atoms with Crippen LogP contribution in [-0.2, 0) is 4.79 Å². The number of halogens is 1. The summed E-state index contributed by atoms with van der Waals surface area (Å²) in [5, 5.41) is 8.75. The second kappa shape index (κ2) is 3.98. The molecule has 0 saturated carbocycles. The minimum atomic E-state index is -1.14. The summed E-state index contributed by atoms with van der Waals surface area (Å²) in [5.74, 6) is -1.14. The predicted molar refractivity (Wildman–Crippen MR) is 48.9 cm³/mol. The summed E-state index contributed by atoms with van der Waals surface area (Å²) in [6.45, 7) is 0. The summed E-state index contributed by atoms with van der Waals surface area (Å²) < 4.78 is 0.386. The number of rotatable bonds is 2. The van der Waals surface area contributed by atoms with Crippen LogP contribution in [0.2, 0.25) is 0 Å². The average Bonchev–Trinajstić information content (AvgIpc) is 2.04. The van der Waals surface area contributed by atoms with Crippen molar-refractivity contribution in [2.75, 3.05) is 0 Å². The third kappa shape index (κ3) is 2.02. The number of benzene rings is 1. The molecule has 66 valence electrons. The largest absolute Gasteiger partial charge is 0.478 e. The maximum atomic E-state index is 10.7. The number of carboxylic acids is 1. The van der Waals surface area contributed by atoms with Gasteiger partial charge in [0.15, 0.2) is 0 Å². The molecule has 0 atom stereocenters. The number of hydrogen-bond acceptors (Lipinski definition) is 3. The molecule has 0 aromatic heterocycles. The normalized spacial score (nSPS) is 9.00. The number of nitrogens with zero attached hydrogens (tertiary/aromatic N) is 1. The van der Waals surface area contributed by atoms with E-state index in [1.807, 2.05) is 0 Å². The molecule has 0 unspecified atom stereocenters. The van der Waals surface area contributed by atoms with Gasteiger partial charge in [-0.05, 0) is 28.1 Å². The van der Waals surface area contributed by atoms with Crippen LogP contribution in [0, 0.1) is 0 Å². The minimum Gasteiger partial charge on any atom is -0.478 e. The van der Waals surface area contributed by atoms with Gasteiger partial charge in [-0.15, -0.1) is 0 Å². The van der Waals surface area contributed by atoms with Crippen molar-refractivity contribution in [1.82, 2.24) is 0 Å². The average molecular weight is 242 g/mol. The van der Waals surface area contributed by atoms with Crippen LogP contribution in [0.15, 0.2) is 27.7 Å². The summed E-state index contributed by atoms with van der Waals surface area (Å²) in [6.07, 6.45) is 1.30. The van der Waals surface area contributed by atoms with Crippen molar-refractivity contribution in [1.29, 1.82) is 0 Å². The lowest BCUT2D eigenvalue weighted by atomic mass is 10.2. The van der Waals surface area contributed by atoms with Crippen LogP contribution < -0.4 is 0 Å². The number of carboxylic acid groups (broad SMARTS) is 1. The van der Waals surface area contributed by atoms with Crippen LogP contribution >= 0.6 is 15.9 Å². The van der Waals surface area contributed by atoms with Gasteiger partial charge in [0, 0.05) is 4.47 Å². The highest BCUT2D eigenvalue weighted by Crippen LogP contribution is 2.26. The Morgan fingerprint density at radius 2 is 2.23 bits per heavy atom. The highest BCUT2D eigenvalue weighted by molar-refractivity contribution is 9.10. The number of carbonyl (C=O) groups is 1. The molecule has 0 spiro atoms. The Bertz CT molecular complexity index is 396. The second-order valence-corrected chi connectivity index (χ2v) is 3.00. The molecule has 0 aliphatic rings. The molecule has 0 fully saturated rings. The molecule has 13 heavy (non-hydrogen) atoms. The van der Waals surface area contributed by atoms with E-state index in [1.165, 1.54) is 12.1 Å². The van der Waals surface area contributed by atoms with E-state index in [1.54, 1.807) is 12.1 Å². The Kier molecular flexibility index (Phi) is 2.95. The Morgan fingerprint density at radius 1 is 1.54 bits per heavy atom. The molecule has 0 heterocycles. The maximum absolute atomic E-state index is 10.7. The molecular formula is C8H4BrNO3. The number of isocyanates is 1. The van der Waals surface area contributed by atoms with Gasteiger partial charge < -0.3 is 5.11 Å². The number of carbonyl (C=O) groups excluding carboxylic acids is 1. The highest BCUT2D eigenvalue weighted by atomic mass is 79.9. The van der Waals surface area contributed by atoms with E-state index in [-0.39, 0.29) is 11.3 Å². The first-order chi connectivity index (χ1) is 6.16. The first-order valence-electron chi connectivity index (χ1n) is 3.26. The quantitative estimate of drug-likeness (QED) is 0.637. The summed E-state index contributed by atoms with van der Waals surface area (Å²) in [5.41, 5.74) is 0.0581. The first kappa shape index (κ1) is 9.64. The Morgan fingerprint density at radius 3 is 2.77 bits per heavy atom. The van der Waals surface area contributed by atoms with Crippen LogP contribution in [0.25, 0.3) is 0 Å². The van der Waals surface area contributed by atoms with Crippen molar-refractivity contribution in [2.24, 2.45) is 4.99 Å². The van der Waals surface area contributed by atoms with Gasteiger partial charge in [-0.3, -0.25) is 0 Å². The van der Waals surface area contributed by atoms with Gasteiger partial charge in [-0.1, -0.05) is 6.07 Å². The zero-order valence-corrected chi connectivity index (χ0v) is 7.91. The Labute approximate surface area is 82.0 Å². The van der Waals surface area contributed by atoms with Gasteiger partial charge in [0.2, 0.25) is 6.08 Å². The second-order valence-electron chi connectivity index (χ2n) is 2.14. The molecule has 1 aromatic carbocycles. The molecule has 0 radical (unpaired) electrons. The van der Waals surface area contributed by atoms with Crippen molar-refractivity contribution in [2.45, 2.75) is 0 Å². The maximum Gasteiger partial charge on any atom is 0.339 e. The molecule has 0 bridgehead atoms. The van der Waals surface area contributed by atoms with Gasteiger partial charge >= 0.3 is 5.97 Å². The van der Waals surface area contributed by atoms with E-state index >= 15 is 0 Å². The topological polar surface area (TPSA) is 66.7 Å². The lowest BCUT2D eigenvalue weighted by Gasteiger charge is -2.00. The van der Waals surface area contributed by atoms with E-state index < -0.39 is 5.97 Å². The van der Waals surface area contributed by atoms with E-state index in [9.17, 15) is 9.59 Å². The van der Waals surface area contributed by atoms with Crippen molar-refractivity contribution in [3.8, 4) is 0 Å². The van der Waals surface area contributed by atoms with Gasteiger partial charge in [-0.25, -0.2) is 9.59 Å². The van der Waals surface area contributed by atoms with E-state index in [0.717, 1.165) is 0 Å². The van der Waals surface area contributed by atoms with Crippen molar-refractivity contribution >= 4 is 33.7 Å². The molecule has 0 amide bonds. The molecule has 1 N–H and O–H groups in total. The van der Waals surface area contributed by atoms with Crippen molar-refractivity contribution in [3.63, 3.8) is 0 Å². The zero-order chi connectivity index (χ0) is 9.84. The number of hydrogen-bond donors (Lipinski definition) is 1. The highest BCUT2D eigenvalue weighted by Gasteiger charge is 2.12. The molecule has 1 aromatic rings. The standard InChI is InChI=1S/C8H4BrNO3/c9-5-2-1-3-6(10-4-11)7(5)8(12)13/h1-3H,(H,12,13). The lowest BCUT2D eigenvalue weighted by molar-refractivity contribution is 0.0697. The van der Waals surface area contributed by atoms with E-state index in [4.69, 9.17) is 5.11 Å². The first-order valence-corrected chi connectivity index (χ1v) is 4.06. The molecule has 0 aliphatic carbocycles. The Hall–Kier alpha value is -1.45. The third-order valence-corrected chi connectivity index (χ3v) is 2.03. The van der Waals surface area contributed by atoms with Gasteiger partial charge in [0.1, 0.15) is 5.56 Å². The molecule has 1 rings (SSSR count). The Balaban J connectivity index is 3.42. The van der Waals surface area contributed by atoms with Crippen molar-refractivity contribution in [3.05, 3.63) is 28.2 Å². The molecular weight excluding hydrogens is 238 g/mol. The fraction of sp³-hybridized carbons (Fsp3) is 0. The smallest absolute Gasteiger partial charge is 0.339 e. The fourth-order valence-corrected chi connectivity index (χ4v) is 1.39. The van der Waals surface area contributed by atoms with Crippen LogP contribution in [0.3, 0.4) is 0 Å². The van der Waals surface area contributed by atoms with E-state index in [2.05, 4.69) is 20.9 Å². The number of aliphatic imine (C=N–C) groups is 1. The monoisotopic (exact) mass is 241 g/mol. The van der Waals surface area contributed by atoms with Crippen LogP contribution in [0.4, 0.5) is 5.69 Å². The molecule has 0 aliphatic heterocycles.